The van der Waals surface area contributed by atoms with Crippen molar-refractivity contribution in [3.8, 4) is 5.75 Å². The Morgan fingerprint density at radius 2 is 2.33 bits per heavy atom. The fourth-order valence-corrected chi connectivity index (χ4v) is 4.26. The fourth-order valence-electron chi connectivity index (χ4n) is 3.45. The second kappa shape index (κ2) is 7.07. The number of nitrogens with zero attached hydrogens (tertiary/aromatic N) is 2. The van der Waals surface area contributed by atoms with Crippen LogP contribution in [0.25, 0.3) is 10.1 Å². The Morgan fingerprint density at radius 3 is 2.96 bits per heavy atom. The van der Waals surface area contributed by atoms with E-state index >= 15 is 0 Å². The van der Waals surface area contributed by atoms with Crippen LogP contribution in [0.4, 0.5) is 0 Å². The van der Waals surface area contributed by atoms with E-state index in [0.29, 0.717) is 17.7 Å². The number of hydrogen-bond donors (Lipinski definition) is 1. The van der Waals surface area contributed by atoms with Gasteiger partial charge in [-0.15, -0.1) is 0 Å². The molecule has 0 aliphatic carbocycles. The molecule has 0 bridgehead atoms. The summed E-state index contributed by atoms with van der Waals surface area (Å²) in [5, 5.41) is 4.14. The van der Waals surface area contributed by atoms with Crippen LogP contribution in [0.3, 0.4) is 0 Å². The summed E-state index contributed by atoms with van der Waals surface area (Å²) in [6.45, 7) is 5.44. The quantitative estimate of drug-likeness (QED) is 0.872. The highest BCUT2D eigenvalue weighted by Crippen LogP contribution is 2.30. The third-order valence-corrected chi connectivity index (χ3v) is 5.95. The summed E-state index contributed by atoms with van der Waals surface area (Å²) in [4.78, 5) is 15.1. The lowest BCUT2D eigenvalue weighted by Gasteiger charge is -2.48. The standard InChI is InChI=1S/C18H25N3O2S/c1-5-6-15(14-10-21(3)11(14)2)19-18(22)17-13-8-7-12(23-4)9-16(13)24-20-17/h7-9,11,14-15H,5-6,10H2,1-4H3,(H,19,22). The predicted molar refractivity (Wildman–Crippen MR) is 97.9 cm³/mol. The number of fused-ring (bicyclic) bond motifs is 1. The highest BCUT2D eigenvalue weighted by molar-refractivity contribution is 7.13. The minimum atomic E-state index is -0.0633. The first kappa shape index (κ1) is 17.2. The molecule has 1 amide bonds. The highest BCUT2D eigenvalue weighted by Gasteiger charge is 2.38. The molecule has 1 aromatic heterocycles. The van der Waals surface area contributed by atoms with Crippen LogP contribution in [-0.2, 0) is 0 Å². The van der Waals surface area contributed by atoms with Crippen LogP contribution < -0.4 is 10.1 Å². The van der Waals surface area contributed by atoms with Gasteiger partial charge in [-0.1, -0.05) is 13.3 Å². The zero-order valence-corrected chi connectivity index (χ0v) is 15.5. The van der Waals surface area contributed by atoms with Gasteiger partial charge in [0.25, 0.3) is 5.91 Å². The molecular weight excluding hydrogens is 322 g/mol. The summed E-state index contributed by atoms with van der Waals surface area (Å²) < 4.78 is 10.6. The largest absolute Gasteiger partial charge is 0.497 e. The third kappa shape index (κ3) is 3.13. The van der Waals surface area contributed by atoms with Gasteiger partial charge in [-0.05, 0) is 50.1 Å². The second-order valence-electron chi connectivity index (χ2n) is 6.61. The molecule has 2 heterocycles. The van der Waals surface area contributed by atoms with Gasteiger partial charge in [0.15, 0.2) is 0 Å². The van der Waals surface area contributed by atoms with Crippen molar-refractivity contribution in [2.24, 2.45) is 5.92 Å². The molecule has 3 unspecified atom stereocenters. The van der Waals surface area contributed by atoms with E-state index in [1.807, 2.05) is 18.2 Å². The minimum absolute atomic E-state index is 0.0633. The molecule has 0 saturated carbocycles. The number of nitrogens with one attached hydrogen (secondary N) is 1. The van der Waals surface area contributed by atoms with E-state index in [-0.39, 0.29) is 11.9 Å². The van der Waals surface area contributed by atoms with Crippen molar-refractivity contribution in [2.75, 3.05) is 20.7 Å². The molecule has 3 atom stereocenters. The van der Waals surface area contributed by atoms with Crippen molar-refractivity contribution < 1.29 is 9.53 Å². The maximum atomic E-state index is 12.8. The van der Waals surface area contributed by atoms with Crippen molar-refractivity contribution in [3.05, 3.63) is 23.9 Å². The molecule has 1 aliphatic rings. The molecule has 2 aromatic rings. The van der Waals surface area contributed by atoms with Crippen LogP contribution in [-0.4, -0.2) is 48.0 Å². The zero-order chi connectivity index (χ0) is 17.3. The molecule has 3 rings (SSSR count). The summed E-state index contributed by atoms with van der Waals surface area (Å²) in [7, 11) is 3.77. The summed E-state index contributed by atoms with van der Waals surface area (Å²) in [6, 6.07) is 6.44. The van der Waals surface area contributed by atoms with Crippen molar-refractivity contribution >= 4 is 27.5 Å². The summed E-state index contributed by atoms with van der Waals surface area (Å²) in [5.74, 6) is 1.24. The van der Waals surface area contributed by atoms with Gasteiger partial charge in [-0.3, -0.25) is 4.79 Å². The smallest absolute Gasteiger partial charge is 0.271 e. The Bertz CT molecular complexity index is 730. The average Bonchev–Trinajstić information content (AvgIpc) is 3.01. The predicted octanol–water partition coefficient (Wildman–Crippen LogP) is 3.15. The molecule has 1 saturated heterocycles. The number of hydrogen-bond acceptors (Lipinski definition) is 5. The number of carbonyl (C=O) groups is 1. The molecule has 1 N–H and O–H groups in total. The number of amides is 1. The van der Waals surface area contributed by atoms with Gasteiger partial charge < -0.3 is 15.0 Å². The van der Waals surface area contributed by atoms with Crippen molar-refractivity contribution in [2.45, 2.75) is 38.8 Å². The van der Waals surface area contributed by atoms with Crippen LogP contribution in [0, 0.1) is 5.92 Å². The maximum Gasteiger partial charge on any atom is 0.271 e. The lowest BCUT2D eigenvalue weighted by Crippen LogP contribution is -2.60. The summed E-state index contributed by atoms with van der Waals surface area (Å²) in [5.41, 5.74) is 0.527. The first-order chi connectivity index (χ1) is 11.5. The number of rotatable bonds is 6. The van der Waals surface area contributed by atoms with Crippen LogP contribution in [0.15, 0.2) is 18.2 Å². The molecule has 130 valence electrons. The maximum absolute atomic E-state index is 12.8. The molecule has 1 aliphatic heterocycles. The van der Waals surface area contributed by atoms with E-state index in [0.717, 1.165) is 35.2 Å². The Labute approximate surface area is 147 Å². The van der Waals surface area contributed by atoms with Gasteiger partial charge in [-0.25, -0.2) is 0 Å². The number of carbonyl (C=O) groups excluding carboxylic acids is 1. The lowest BCUT2D eigenvalue weighted by atomic mass is 9.82. The normalized spacial score (nSPS) is 22.2. The number of ether oxygens (including phenoxy) is 1. The summed E-state index contributed by atoms with van der Waals surface area (Å²) >= 11 is 1.34. The number of aromatic nitrogens is 1. The molecule has 0 radical (unpaired) electrons. The van der Waals surface area contributed by atoms with Crippen molar-refractivity contribution in [1.29, 1.82) is 0 Å². The second-order valence-corrected chi connectivity index (χ2v) is 7.41. The summed E-state index contributed by atoms with van der Waals surface area (Å²) in [6.07, 6.45) is 2.07. The van der Waals surface area contributed by atoms with Crippen LogP contribution in [0.5, 0.6) is 5.75 Å². The molecule has 24 heavy (non-hydrogen) atoms. The molecule has 1 aromatic carbocycles. The SMILES string of the molecule is CCCC(NC(=O)c1nsc2cc(OC)ccc12)C1CN(C)C1C. The Morgan fingerprint density at radius 1 is 1.54 bits per heavy atom. The monoisotopic (exact) mass is 347 g/mol. The van der Waals surface area contributed by atoms with E-state index in [1.54, 1.807) is 7.11 Å². The van der Waals surface area contributed by atoms with E-state index < -0.39 is 0 Å². The lowest BCUT2D eigenvalue weighted by molar-refractivity contribution is 0.0251. The first-order valence-corrected chi connectivity index (χ1v) is 9.27. The minimum Gasteiger partial charge on any atom is -0.497 e. The number of likely N-dealkylation sites (tertiary alicyclic amines) is 1. The van der Waals surface area contributed by atoms with Gasteiger partial charge in [0.2, 0.25) is 0 Å². The Hall–Kier alpha value is -1.66. The van der Waals surface area contributed by atoms with E-state index in [9.17, 15) is 4.79 Å². The first-order valence-electron chi connectivity index (χ1n) is 8.49. The number of methoxy groups -OCH3 is 1. The molecular formula is C18H25N3O2S. The highest BCUT2D eigenvalue weighted by atomic mass is 32.1. The molecule has 0 spiro atoms. The van der Waals surface area contributed by atoms with Gasteiger partial charge >= 0.3 is 0 Å². The van der Waals surface area contributed by atoms with Crippen LogP contribution in [0.2, 0.25) is 0 Å². The third-order valence-electron chi connectivity index (χ3n) is 5.14. The van der Waals surface area contributed by atoms with Crippen molar-refractivity contribution in [1.82, 2.24) is 14.6 Å². The average molecular weight is 347 g/mol. The van der Waals surface area contributed by atoms with Crippen LogP contribution in [0.1, 0.15) is 37.2 Å². The zero-order valence-electron chi connectivity index (χ0n) is 14.7. The topological polar surface area (TPSA) is 54.5 Å². The number of benzene rings is 1. The fraction of sp³-hybridized carbons (Fsp3) is 0.556. The van der Waals surface area contributed by atoms with E-state index in [4.69, 9.17) is 4.74 Å². The Balaban J connectivity index is 1.78. The Kier molecular flexibility index (Phi) is 5.06. The van der Waals surface area contributed by atoms with Gasteiger partial charge in [-0.2, -0.15) is 4.37 Å². The molecule has 5 nitrogen and oxygen atoms in total. The van der Waals surface area contributed by atoms with Gasteiger partial charge in [0, 0.05) is 29.9 Å². The van der Waals surface area contributed by atoms with Gasteiger partial charge in [0.05, 0.1) is 11.8 Å². The van der Waals surface area contributed by atoms with Crippen LogP contribution >= 0.6 is 11.5 Å². The van der Waals surface area contributed by atoms with Crippen molar-refractivity contribution in [3.63, 3.8) is 0 Å². The molecule has 6 heteroatoms. The van der Waals surface area contributed by atoms with Gasteiger partial charge in [0.1, 0.15) is 11.4 Å². The van der Waals surface area contributed by atoms with E-state index in [2.05, 4.69) is 35.5 Å². The molecule has 1 fully saturated rings. The van der Waals surface area contributed by atoms with E-state index in [1.165, 1.54) is 11.5 Å².